The van der Waals surface area contributed by atoms with Crippen molar-refractivity contribution in [1.82, 2.24) is 10.2 Å². The number of nitrogens with zero attached hydrogens (tertiary/aromatic N) is 2. The molecule has 1 aliphatic heterocycles. The van der Waals surface area contributed by atoms with E-state index < -0.39 is 24.1 Å². The first-order chi connectivity index (χ1) is 12.8. The molecular formula is C19H15F2N3O3. The van der Waals surface area contributed by atoms with Crippen LogP contribution >= 0.6 is 0 Å². The Morgan fingerprint density at radius 3 is 2.48 bits per heavy atom. The van der Waals surface area contributed by atoms with Crippen molar-refractivity contribution in [2.75, 3.05) is 0 Å². The average molecular weight is 371 g/mol. The van der Waals surface area contributed by atoms with Crippen LogP contribution in [0.5, 0.6) is 5.75 Å². The Hall–Kier alpha value is -3.47. The monoisotopic (exact) mass is 371 g/mol. The number of carbonyl (C=O) groups is 2. The van der Waals surface area contributed by atoms with E-state index in [2.05, 4.69) is 10.1 Å². The molecule has 0 saturated carbocycles. The topological polar surface area (TPSA) is 82.4 Å². The van der Waals surface area contributed by atoms with E-state index in [0.29, 0.717) is 16.7 Å². The van der Waals surface area contributed by atoms with Crippen molar-refractivity contribution >= 4 is 11.9 Å². The normalized spacial score (nSPS) is 19.1. The van der Waals surface area contributed by atoms with Gasteiger partial charge in [0.1, 0.15) is 11.3 Å². The number of ether oxygens (including phenoxy) is 1. The van der Waals surface area contributed by atoms with E-state index in [1.807, 2.05) is 6.07 Å². The molecule has 3 rings (SSSR count). The van der Waals surface area contributed by atoms with E-state index in [1.165, 1.54) is 31.2 Å². The molecule has 27 heavy (non-hydrogen) atoms. The largest absolute Gasteiger partial charge is 0.435 e. The number of nitrogens with one attached hydrogen (secondary N) is 1. The number of alkyl halides is 2. The molecule has 1 N–H and O–H groups in total. The number of nitriles is 1. The van der Waals surface area contributed by atoms with Crippen molar-refractivity contribution < 1.29 is 23.1 Å². The van der Waals surface area contributed by atoms with Crippen LogP contribution in [-0.2, 0) is 16.9 Å². The summed E-state index contributed by atoms with van der Waals surface area (Å²) in [6.45, 7) is -1.46. The maximum absolute atomic E-state index is 12.9. The molecule has 1 saturated heterocycles. The van der Waals surface area contributed by atoms with E-state index in [1.54, 1.807) is 24.3 Å². The molecular weight excluding hydrogens is 356 g/mol. The second-order valence-electron chi connectivity index (χ2n) is 6.12. The number of carbonyl (C=O) groups excluding carboxylic acids is 2. The number of urea groups is 1. The molecule has 6 nitrogen and oxygen atoms in total. The predicted octanol–water partition coefficient (Wildman–Crippen LogP) is 3.13. The fourth-order valence-electron chi connectivity index (χ4n) is 2.94. The highest BCUT2D eigenvalue weighted by atomic mass is 19.3. The third kappa shape index (κ3) is 3.44. The molecule has 0 radical (unpaired) electrons. The van der Waals surface area contributed by atoms with Gasteiger partial charge >= 0.3 is 12.6 Å². The van der Waals surface area contributed by atoms with Crippen LogP contribution in [0.3, 0.4) is 0 Å². The van der Waals surface area contributed by atoms with Crippen molar-refractivity contribution in [3.63, 3.8) is 0 Å². The lowest BCUT2D eigenvalue weighted by Gasteiger charge is -2.22. The van der Waals surface area contributed by atoms with Crippen molar-refractivity contribution in [2.24, 2.45) is 0 Å². The molecule has 0 aliphatic carbocycles. The minimum absolute atomic E-state index is 0.0451. The van der Waals surface area contributed by atoms with E-state index in [9.17, 15) is 23.6 Å². The van der Waals surface area contributed by atoms with Crippen LogP contribution in [0.4, 0.5) is 13.6 Å². The third-order valence-electron chi connectivity index (χ3n) is 4.40. The van der Waals surface area contributed by atoms with Gasteiger partial charge < -0.3 is 10.1 Å². The van der Waals surface area contributed by atoms with Crippen LogP contribution in [0.2, 0.25) is 0 Å². The van der Waals surface area contributed by atoms with Crippen LogP contribution in [-0.4, -0.2) is 23.4 Å². The average Bonchev–Trinajstić information content (AvgIpc) is 2.86. The molecule has 1 heterocycles. The van der Waals surface area contributed by atoms with Crippen molar-refractivity contribution in [3.8, 4) is 11.8 Å². The summed E-state index contributed by atoms with van der Waals surface area (Å²) in [5.74, 6) is -0.545. The van der Waals surface area contributed by atoms with Crippen molar-refractivity contribution in [1.29, 1.82) is 5.26 Å². The number of rotatable bonds is 5. The van der Waals surface area contributed by atoms with E-state index in [4.69, 9.17) is 0 Å². The Morgan fingerprint density at radius 1 is 1.19 bits per heavy atom. The minimum atomic E-state index is -2.95. The van der Waals surface area contributed by atoms with Crippen LogP contribution < -0.4 is 10.1 Å². The number of halogens is 2. The maximum atomic E-state index is 12.9. The molecule has 1 atom stereocenters. The zero-order valence-corrected chi connectivity index (χ0v) is 14.3. The Bertz CT molecular complexity index is 925. The Labute approximate surface area is 154 Å². The van der Waals surface area contributed by atoms with Gasteiger partial charge in [-0.2, -0.15) is 14.0 Å². The summed E-state index contributed by atoms with van der Waals surface area (Å²) in [6, 6.07) is 13.6. The van der Waals surface area contributed by atoms with Crippen molar-refractivity contribution in [2.45, 2.75) is 25.6 Å². The molecule has 1 fully saturated rings. The molecule has 3 amide bonds. The number of hydrogen-bond donors (Lipinski definition) is 1. The second kappa shape index (κ2) is 7.03. The second-order valence-corrected chi connectivity index (χ2v) is 6.12. The summed E-state index contributed by atoms with van der Waals surface area (Å²) in [5, 5.41) is 11.8. The molecule has 8 heteroatoms. The van der Waals surface area contributed by atoms with Gasteiger partial charge in [0.2, 0.25) is 0 Å². The maximum Gasteiger partial charge on any atom is 0.387 e. The Balaban J connectivity index is 1.85. The predicted molar refractivity (Wildman–Crippen MR) is 90.7 cm³/mol. The molecule has 1 aliphatic rings. The lowest BCUT2D eigenvalue weighted by Crippen LogP contribution is -2.40. The minimum Gasteiger partial charge on any atom is -0.435 e. The van der Waals surface area contributed by atoms with Gasteiger partial charge in [0.15, 0.2) is 0 Å². The molecule has 0 spiro atoms. The lowest BCUT2D eigenvalue weighted by molar-refractivity contribution is -0.131. The van der Waals surface area contributed by atoms with Gasteiger partial charge in [0.05, 0.1) is 18.2 Å². The lowest BCUT2D eigenvalue weighted by atomic mass is 9.92. The van der Waals surface area contributed by atoms with E-state index in [0.717, 1.165) is 4.90 Å². The summed E-state index contributed by atoms with van der Waals surface area (Å²) in [5.41, 5.74) is 0.00865. The summed E-state index contributed by atoms with van der Waals surface area (Å²) >= 11 is 0. The number of benzene rings is 2. The van der Waals surface area contributed by atoms with Gasteiger partial charge in [0, 0.05) is 0 Å². The molecule has 2 aromatic carbocycles. The van der Waals surface area contributed by atoms with Gasteiger partial charge in [0.25, 0.3) is 5.91 Å². The smallest absolute Gasteiger partial charge is 0.387 e. The first-order valence-corrected chi connectivity index (χ1v) is 8.02. The third-order valence-corrected chi connectivity index (χ3v) is 4.40. The fourth-order valence-corrected chi connectivity index (χ4v) is 2.94. The summed E-state index contributed by atoms with van der Waals surface area (Å²) in [7, 11) is 0. The first-order valence-electron chi connectivity index (χ1n) is 8.02. The van der Waals surface area contributed by atoms with Gasteiger partial charge in [-0.1, -0.05) is 30.3 Å². The highest BCUT2D eigenvalue weighted by molar-refractivity contribution is 6.07. The standard InChI is InChI=1S/C19H15F2N3O3/c1-19(14-6-8-15(9-7-14)27-17(20)21)16(25)24(18(26)23-19)11-13-5-3-2-4-12(13)10-22/h2-9,17H,11H2,1H3,(H,23,26). The molecule has 0 bridgehead atoms. The van der Waals surface area contributed by atoms with Gasteiger partial charge in [-0.05, 0) is 36.2 Å². The summed E-state index contributed by atoms with van der Waals surface area (Å²) in [6.07, 6.45) is 0. The number of hydrogen-bond acceptors (Lipinski definition) is 4. The number of imide groups is 1. The SMILES string of the molecule is CC1(c2ccc(OC(F)F)cc2)NC(=O)N(Cc2ccccc2C#N)C1=O. The van der Waals surface area contributed by atoms with E-state index in [-0.39, 0.29) is 12.3 Å². The number of amides is 3. The Morgan fingerprint density at radius 2 is 1.85 bits per heavy atom. The molecule has 2 aromatic rings. The summed E-state index contributed by atoms with van der Waals surface area (Å²) in [4.78, 5) is 26.3. The quantitative estimate of drug-likeness (QED) is 0.819. The molecule has 1 unspecified atom stereocenters. The van der Waals surface area contributed by atoms with E-state index >= 15 is 0 Å². The zero-order valence-electron chi connectivity index (χ0n) is 14.3. The summed E-state index contributed by atoms with van der Waals surface area (Å²) < 4.78 is 28.8. The molecule has 138 valence electrons. The van der Waals surface area contributed by atoms with Gasteiger partial charge in [-0.3, -0.25) is 9.69 Å². The fraction of sp³-hybridized carbons (Fsp3) is 0.211. The molecule has 0 aromatic heterocycles. The van der Waals surface area contributed by atoms with Crippen LogP contribution in [0.15, 0.2) is 48.5 Å². The zero-order chi connectivity index (χ0) is 19.6. The van der Waals surface area contributed by atoms with Crippen molar-refractivity contribution in [3.05, 3.63) is 65.2 Å². The van der Waals surface area contributed by atoms with Crippen LogP contribution in [0, 0.1) is 11.3 Å². The van der Waals surface area contributed by atoms with Crippen LogP contribution in [0.1, 0.15) is 23.6 Å². The highest BCUT2D eigenvalue weighted by Gasteiger charge is 2.49. The van der Waals surface area contributed by atoms with Crippen LogP contribution in [0.25, 0.3) is 0 Å². The Kier molecular flexibility index (Phi) is 4.77. The first kappa shape index (κ1) is 18.3. The van der Waals surface area contributed by atoms with Gasteiger partial charge in [-0.25, -0.2) is 4.79 Å². The highest BCUT2D eigenvalue weighted by Crippen LogP contribution is 2.31. The van der Waals surface area contributed by atoms with Gasteiger partial charge in [-0.15, -0.1) is 0 Å².